The summed E-state index contributed by atoms with van der Waals surface area (Å²) in [5.74, 6) is 0. The minimum absolute atomic E-state index is 1.16. The van der Waals surface area contributed by atoms with Crippen LogP contribution in [-0.2, 0) is 7.05 Å². The Kier molecular flexibility index (Phi) is 5.65. The van der Waals surface area contributed by atoms with Gasteiger partial charge in [0.1, 0.15) is 7.05 Å². The molecular formula is C16H21N2+. The van der Waals surface area contributed by atoms with Crippen LogP contribution < -0.4 is 9.47 Å². The molecule has 0 spiro atoms. The van der Waals surface area contributed by atoms with Gasteiger partial charge in [-0.3, -0.25) is 0 Å². The molecule has 0 N–H and O–H groups in total. The van der Waals surface area contributed by atoms with E-state index in [0.29, 0.717) is 0 Å². The van der Waals surface area contributed by atoms with Crippen molar-refractivity contribution in [2.45, 2.75) is 0 Å². The standard InChI is InChI=1S/C10H13N.C6H8N/c1-4-9-5-7-10(8-6-9)11(2)3;1-7-5-3-2-4-6-7/h4-8H,1H2,2-3H3;2-6H,1H3/q;+1. The predicted molar refractivity (Wildman–Crippen MR) is 78.5 cm³/mol. The SMILES string of the molecule is C=Cc1ccc(N(C)C)cc1.C[n+]1ccccc1. The summed E-state index contributed by atoms with van der Waals surface area (Å²) in [6.45, 7) is 3.69. The Morgan fingerprint density at radius 3 is 1.89 bits per heavy atom. The van der Waals surface area contributed by atoms with Crippen LogP contribution in [0.4, 0.5) is 5.69 Å². The fourth-order valence-corrected chi connectivity index (χ4v) is 1.39. The second-order valence-corrected chi connectivity index (χ2v) is 4.23. The van der Waals surface area contributed by atoms with Crippen molar-refractivity contribution in [3.05, 3.63) is 67.0 Å². The molecule has 2 aromatic rings. The number of rotatable bonds is 2. The lowest BCUT2D eigenvalue weighted by Crippen LogP contribution is -2.25. The summed E-state index contributed by atoms with van der Waals surface area (Å²) in [5, 5.41) is 0. The van der Waals surface area contributed by atoms with Crippen LogP contribution in [0.5, 0.6) is 0 Å². The molecular weight excluding hydrogens is 220 g/mol. The average molecular weight is 241 g/mol. The van der Waals surface area contributed by atoms with Gasteiger partial charge >= 0.3 is 0 Å². The zero-order chi connectivity index (χ0) is 13.4. The fourth-order valence-electron chi connectivity index (χ4n) is 1.39. The van der Waals surface area contributed by atoms with Crippen molar-refractivity contribution in [2.24, 2.45) is 7.05 Å². The lowest BCUT2D eigenvalue weighted by Gasteiger charge is -2.11. The Hall–Kier alpha value is -2.09. The Morgan fingerprint density at radius 2 is 1.56 bits per heavy atom. The summed E-state index contributed by atoms with van der Waals surface area (Å²) >= 11 is 0. The van der Waals surface area contributed by atoms with Crippen molar-refractivity contribution in [2.75, 3.05) is 19.0 Å². The zero-order valence-corrected chi connectivity index (χ0v) is 11.4. The van der Waals surface area contributed by atoms with Crippen LogP contribution in [0, 0.1) is 0 Å². The molecule has 94 valence electrons. The topological polar surface area (TPSA) is 7.12 Å². The largest absolute Gasteiger partial charge is 0.378 e. The van der Waals surface area contributed by atoms with Crippen molar-refractivity contribution in [3.63, 3.8) is 0 Å². The van der Waals surface area contributed by atoms with E-state index in [0.717, 1.165) is 5.56 Å². The molecule has 0 aliphatic carbocycles. The highest BCUT2D eigenvalue weighted by Gasteiger charge is 1.91. The fraction of sp³-hybridized carbons (Fsp3) is 0.188. The molecule has 0 bridgehead atoms. The first kappa shape index (κ1) is 14.0. The van der Waals surface area contributed by atoms with E-state index in [1.807, 2.05) is 62.4 Å². The Labute approximate surface area is 110 Å². The normalized spacial score (nSPS) is 9.06. The summed E-state index contributed by atoms with van der Waals surface area (Å²) in [5.41, 5.74) is 2.38. The minimum atomic E-state index is 1.16. The molecule has 1 aromatic heterocycles. The van der Waals surface area contributed by atoms with Crippen molar-refractivity contribution in [1.82, 2.24) is 0 Å². The van der Waals surface area contributed by atoms with E-state index in [1.165, 1.54) is 5.69 Å². The van der Waals surface area contributed by atoms with Gasteiger partial charge in [-0.15, -0.1) is 0 Å². The molecule has 2 nitrogen and oxygen atoms in total. The maximum absolute atomic E-state index is 3.69. The number of anilines is 1. The van der Waals surface area contributed by atoms with Crippen LogP contribution in [0.3, 0.4) is 0 Å². The van der Waals surface area contributed by atoms with Crippen LogP contribution in [-0.4, -0.2) is 14.1 Å². The Bertz CT molecular complexity index is 458. The maximum atomic E-state index is 3.69. The molecule has 2 rings (SSSR count). The molecule has 1 aromatic carbocycles. The molecule has 18 heavy (non-hydrogen) atoms. The summed E-state index contributed by atoms with van der Waals surface area (Å²) in [6.07, 6.45) is 5.85. The van der Waals surface area contributed by atoms with Gasteiger partial charge in [-0.2, -0.15) is 0 Å². The van der Waals surface area contributed by atoms with Crippen molar-refractivity contribution < 1.29 is 4.57 Å². The number of hydrogen-bond acceptors (Lipinski definition) is 1. The first-order chi connectivity index (χ1) is 8.63. The number of pyridine rings is 1. The highest BCUT2D eigenvalue weighted by atomic mass is 15.1. The van der Waals surface area contributed by atoms with Crippen molar-refractivity contribution in [1.29, 1.82) is 0 Å². The van der Waals surface area contributed by atoms with E-state index in [4.69, 9.17) is 0 Å². The molecule has 0 saturated carbocycles. The molecule has 0 unspecified atom stereocenters. The zero-order valence-electron chi connectivity index (χ0n) is 11.4. The molecule has 0 saturated heterocycles. The summed E-state index contributed by atoms with van der Waals surface area (Å²) < 4.78 is 2.00. The second kappa shape index (κ2) is 7.28. The third-order valence-corrected chi connectivity index (χ3v) is 2.51. The second-order valence-electron chi connectivity index (χ2n) is 4.23. The smallest absolute Gasteiger partial charge is 0.168 e. The molecule has 2 heteroatoms. The van der Waals surface area contributed by atoms with E-state index in [9.17, 15) is 0 Å². The number of benzene rings is 1. The van der Waals surface area contributed by atoms with Gasteiger partial charge in [-0.05, 0) is 17.7 Å². The maximum Gasteiger partial charge on any atom is 0.168 e. The van der Waals surface area contributed by atoms with Crippen LogP contribution in [0.1, 0.15) is 5.56 Å². The minimum Gasteiger partial charge on any atom is -0.378 e. The highest BCUT2D eigenvalue weighted by molar-refractivity contribution is 5.54. The van der Waals surface area contributed by atoms with E-state index < -0.39 is 0 Å². The van der Waals surface area contributed by atoms with Gasteiger partial charge in [0.15, 0.2) is 12.4 Å². The lowest BCUT2D eigenvalue weighted by atomic mass is 10.2. The van der Waals surface area contributed by atoms with Crippen molar-refractivity contribution >= 4 is 11.8 Å². The van der Waals surface area contributed by atoms with E-state index in [-0.39, 0.29) is 0 Å². The van der Waals surface area contributed by atoms with Gasteiger partial charge in [0.25, 0.3) is 0 Å². The third kappa shape index (κ3) is 4.83. The number of nitrogens with zero attached hydrogens (tertiary/aromatic N) is 2. The van der Waals surface area contributed by atoms with Crippen LogP contribution in [0.2, 0.25) is 0 Å². The summed E-state index contributed by atoms with van der Waals surface area (Å²) in [7, 11) is 6.06. The van der Waals surface area contributed by atoms with Crippen LogP contribution in [0.15, 0.2) is 61.4 Å². The van der Waals surface area contributed by atoms with Gasteiger partial charge in [-0.1, -0.05) is 30.9 Å². The molecule has 0 aliphatic rings. The summed E-state index contributed by atoms with van der Waals surface area (Å²) in [4.78, 5) is 2.08. The third-order valence-electron chi connectivity index (χ3n) is 2.51. The molecule has 0 fully saturated rings. The van der Waals surface area contributed by atoms with Gasteiger partial charge < -0.3 is 4.90 Å². The highest BCUT2D eigenvalue weighted by Crippen LogP contribution is 2.12. The van der Waals surface area contributed by atoms with E-state index in [2.05, 4.69) is 35.7 Å². The van der Waals surface area contributed by atoms with Crippen molar-refractivity contribution in [3.8, 4) is 0 Å². The lowest BCUT2D eigenvalue weighted by molar-refractivity contribution is -0.671. The van der Waals surface area contributed by atoms with E-state index in [1.54, 1.807) is 0 Å². The van der Waals surface area contributed by atoms with Gasteiger partial charge in [0.05, 0.1) is 0 Å². The van der Waals surface area contributed by atoms with E-state index >= 15 is 0 Å². The summed E-state index contributed by atoms with van der Waals surface area (Å²) in [6, 6.07) is 14.3. The van der Waals surface area contributed by atoms with Crippen LogP contribution >= 0.6 is 0 Å². The quantitative estimate of drug-likeness (QED) is 0.733. The van der Waals surface area contributed by atoms with Gasteiger partial charge in [0.2, 0.25) is 0 Å². The van der Waals surface area contributed by atoms with Gasteiger partial charge in [-0.25, -0.2) is 4.57 Å². The Balaban J connectivity index is 0.000000199. The Morgan fingerprint density at radius 1 is 1.00 bits per heavy atom. The van der Waals surface area contributed by atoms with Gasteiger partial charge in [0, 0.05) is 31.9 Å². The predicted octanol–water partition coefficient (Wildman–Crippen LogP) is 2.91. The molecule has 0 aliphatic heterocycles. The molecule has 0 amide bonds. The molecule has 0 atom stereocenters. The first-order valence-electron chi connectivity index (χ1n) is 5.93. The average Bonchev–Trinajstić information content (AvgIpc) is 2.40. The first-order valence-corrected chi connectivity index (χ1v) is 5.93. The number of aryl methyl sites for hydroxylation is 1. The van der Waals surface area contributed by atoms with Crippen LogP contribution in [0.25, 0.3) is 6.08 Å². The monoisotopic (exact) mass is 241 g/mol. The number of aromatic nitrogens is 1. The molecule has 1 heterocycles. The molecule has 0 radical (unpaired) electrons. The number of hydrogen-bond donors (Lipinski definition) is 0.